The zero-order valence-electron chi connectivity index (χ0n) is 9.77. The van der Waals surface area contributed by atoms with Crippen molar-refractivity contribution in [2.75, 3.05) is 0 Å². The molecule has 0 aliphatic heterocycles. The van der Waals surface area contributed by atoms with E-state index in [9.17, 15) is 9.90 Å². The maximum atomic E-state index is 11.9. The second-order valence-corrected chi connectivity index (χ2v) is 5.72. The molecule has 2 aromatic rings. The summed E-state index contributed by atoms with van der Waals surface area (Å²) >= 11 is 6.59. The lowest BCUT2D eigenvalue weighted by atomic mass is 10.1. The lowest BCUT2D eigenvalue weighted by molar-refractivity contribution is -0.243. The number of halogens is 2. The van der Waals surface area contributed by atoms with E-state index in [2.05, 4.69) is 31.9 Å². The van der Waals surface area contributed by atoms with Crippen LogP contribution in [0, 0.1) is 0 Å². The summed E-state index contributed by atoms with van der Waals surface area (Å²) in [4.78, 5) is 11.9. The van der Waals surface area contributed by atoms with Crippen molar-refractivity contribution in [2.45, 2.75) is 0 Å². The van der Waals surface area contributed by atoms with Gasteiger partial charge in [-0.05, 0) is 48.0 Å². The van der Waals surface area contributed by atoms with Crippen molar-refractivity contribution in [3.05, 3.63) is 74.7 Å². The molecule has 4 heteroatoms. The van der Waals surface area contributed by atoms with E-state index in [0.717, 1.165) is 15.0 Å². The Balaban J connectivity index is 2.22. The highest BCUT2D eigenvalue weighted by molar-refractivity contribution is 9.10. The molecule has 0 unspecified atom stereocenters. The van der Waals surface area contributed by atoms with Crippen molar-refractivity contribution in [2.24, 2.45) is 0 Å². The second-order valence-electron chi connectivity index (χ2n) is 3.89. The minimum Gasteiger partial charge on any atom is -0.872 e. The third-order valence-electron chi connectivity index (χ3n) is 2.52. The lowest BCUT2D eigenvalue weighted by Gasteiger charge is -2.11. The molecular weight excluding hydrogens is 372 g/mol. The number of carbonyl (C=O) groups excluding carboxylic acids is 1. The molecule has 0 saturated heterocycles. The predicted octanol–water partition coefficient (Wildman–Crippen LogP) is 3.80. The van der Waals surface area contributed by atoms with Crippen LogP contribution in [0.2, 0.25) is 0 Å². The van der Waals surface area contributed by atoms with Crippen LogP contribution in [-0.2, 0) is 0 Å². The Labute approximate surface area is 128 Å². The Bertz CT molecular complexity index is 614. The number of hydrogen-bond donors (Lipinski definition) is 0. The molecule has 2 rings (SSSR count). The standard InChI is InChI=1S/C15H10Br2O2/c16-12-5-1-10(2-6-12)14(18)9-15(19)11-3-7-13(17)8-4-11/h1-9,18H/p-1/b14-9-. The van der Waals surface area contributed by atoms with Crippen molar-refractivity contribution in [3.8, 4) is 0 Å². The molecule has 0 saturated carbocycles. The summed E-state index contributed by atoms with van der Waals surface area (Å²) in [6, 6.07) is 13.8. The Morgan fingerprint density at radius 3 is 1.74 bits per heavy atom. The molecule has 0 N–H and O–H groups in total. The van der Waals surface area contributed by atoms with E-state index >= 15 is 0 Å². The highest BCUT2D eigenvalue weighted by Crippen LogP contribution is 2.16. The van der Waals surface area contributed by atoms with Gasteiger partial charge < -0.3 is 5.11 Å². The summed E-state index contributed by atoms with van der Waals surface area (Å²) in [7, 11) is 0. The van der Waals surface area contributed by atoms with Crippen LogP contribution in [0.4, 0.5) is 0 Å². The summed E-state index contributed by atoms with van der Waals surface area (Å²) in [6.45, 7) is 0. The van der Waals surface area contributed by atoms with Gasteiger partial charge in [0, 0.05) is 14.5 Å². The van der Waals surface area contributed by atoms with E-state index in [1.165, 1.54) is 0 Å². The van der Waals surface area contributed by atoms with Gasteiger partial charge in [-0.2, -0.15) is 0 Å². The van der Waals surface area contributed by atoms with E-state index in [1.54, 1.807) is 48.5 Å². The van der Waals surface area contributed by atoms with Crippen molar-refractivity contribution >= 4 is 43.4 Å². The number of ketones is 1. The van der Waals surface area contributed by atoms with Crippen LogP contribution in [0.15, 0.2) is 63.6 Å². The third kappa shape index (κ3) is 3.78. The number of rotatable bonds is 3. The fourth-order valence-electron chi connectivity index (χ4n) is 1.51. The molecule has 0 atom stereocenters. The molecule has 0 aliphatic carbocycles. The number of benzene rings is 2. The molecule has 19 heavy (non-hydrogen) atoms. The fourth-order valence-corrected chi connectivity index (χ4v) is 2.04. The average Bonchev–Trinajstić information content (AvgIpc) is 2.40. The lowest BCUT2D eigenvalue weighted by Crippen LogP contribution is -2.06. The van der Waals surface area contributed by atoms with E-state index in [4.69, 9.17) is 0 Å². The van der Waals surface area contributed by atoms with E-state index in [1.807, 2.05) is 0 Å². The van der Waals surface area contributed by atoms with Gasteiger partial charge in [-0.3, -0.25) is 4.79 Å². The monoisotopic (exact) mass is 379 g/mol. The molecule has 0 heterocycles. The van der Waals surface area contributed by atoms with Crippen LogP contribution in [-0.4, -0.2) is 5.78 Å². The maximum Gasteiger partial charge on any atom is 0.185 e. The van der Waals surface area contributed by atoms with Crippen LogP contribution in [0.5, 0.6) is 0 Å². The largest absolute Gasteiger partial charge is 0.872 e. The molecule has 0 bridgehead atoms. The third-order valence-corrected chi connectivity index (χ3v) is 3.58. The van der Waals surface area contributed by atoms with Gasteiger partial charge in [0.15, 0.2) is 5.78 Å². The molecule has 0 aromatic heterocycles. The SMILES string of the molecule is O=C(/C=C(\[O-])c1ccc(Br)cc1)c1ccc(Br)cc1. The van der Waals surface area contributed by atoms with Crippen molar-refractivity contribution in [3.63, 3.8) is 0 Å². The number of carbonyl (C=O) groups is 1. The van der Waals surface area contributed by atoms with Gasteiger partial charge in [-0.1, -0.05) is 49.8 Å². The first-order chi connectivity index (χ1) is 9.06. The van der Waals surface area contributed by atoms with Crippen molar-refractivity contribution in [1.29, 1.82) is 0 Å². The predicted molar refractivity (Wildman–Crippen MR) is 80.6 cm³/mol. The molecule has 0 spiro atoms. The quantitative estimate of drug-likeness (QED) is 0.461. The van der Waals surface area contributed by atoms with E-state index < -0.39 is 0 Å². The maximum absolute atomic E-state index is 11.9. The molecule has 0 aliphatic rings. The molecule has 0 fully saturated rings. The van der Waals surface area contributed by atoms with Gasteiger partial charge >= 0.3 is 0 Å². The van der Waals surface area contributed by atoms with Crippen molar-refractivity contribution in [1.82, 2.24) is 0 Å². The van der Waals surface area contributed by atoms with Crippen LogP contribution >= 0.6 is 31.9 Å². The summed E-state index contributed by atoms with van der Waals surface area (Å²) in [5.41, 5.74) is 0.988. The summed E-state index contributed by atoms with van der Waals surface area (Å²) in [5, 5.41) is 11.9. The highest BCUT2D eigenvalue weighted by Gasteiger charge is 2.02. The van der Waals surface area contributed by atoms with Gasteiger partial charge in [0.05, 0.1) is 0 Å². The minimum atomic E-state index is -0.291. The minimum absolute atomic E-state index is 0.291. The Hall–Kier alpha value is -1.39. The Morgan fingerprint density at radius 1 is 0.842 bits per heavy atom. The Morgan fingerprint density at radius 2 is 1.26 bits per heavy atom. The van der Waals surface area contributed by atoms with Gasteiger partial charge in [-0.25, -0.2) is 0 Å². The van der Waals surface area contributed by atoms with Crippen LogP contribution < -0.4 is 5.11 Å². The highest BCUT2D eigenvalue weighted by atomic mass is 79.9. The van der Waals surface area contributed by atoms with Gasteiger partial charge in [0.25, 0.3) is 0 Å². The van der Waals surface area contributed by atoms with Crippen LogP contribution in [0.3, 0.4) is 0 Å². The summed E-state index contributed by atoms with van der Waals surface area (Å²) in [5.74, 6) is -0.583. The molecule has 2 aromatic carbocycles. The average molecular weight is 381 g/mol. The molecule has 2 nitrogen and oxygen atoms in total. The first-order valence-corrected chi connectivity index (χ1v) is 7.09. The molecule has 0 radical (unpaired) electrons. The van der Waals surface area contributed by atoms with Crippen LogP contribution in [0.25, 0.3) is 5.76 Å². The fraction of sp³-hybridized carbons (Fsp3) is 0. The number of allylic oxidation sites excluding steroid dienone is 1. The first kappa shape index (κ1) is 14.0. The van der Waals surface area contributed by atoms with Crippen LogP contribution in [0.1, 0.15) is 15.9 Å². The topological polar surface area (TPSA) is 40.1 Å². The second kappa shape index (κ2) is 6.17. The van der Waals surface area contributed by atoms with Crippen molar-refractivity contribution < 1.29 is 9.90 Å². The summed E-state index contributed by atoms with van der Waals surface area (Å²) in [6.07, 6.45) is 1.12. The zero-order valence-corrected chi connectivity index (χ0v) is 12.9. The van der Waals surface area contributed by atoms with Gasteiger partial charge in [-0.15, -0.1) is 0 Å². The van der Waals surface area contributed by atoms with E-state index in [0.29, 0.717) is 11.1 Å². The molecule has 0 amide bonds. The normalized spacial score (nSPS) is 11.4. The zero-order chi connectivity index (χ0) is 13.8. The van der Waals surface area contributed by atoms with Gasteiger partial charge in [0.2, 0.25) is 0 Å². The Kier molecular flexibility index (Phi) is 4.56. The van der Waals surface area contributed by atoms with E-state index in [-0.39, 0.29) is 11.5 Å². The number of hydrogen-bond acceptors (Lipinski definition) is 2. The van der Waals surface area contributed by atoms with Gasteiger partial charge in [0.1, 0.15) is 0 Å². The summed E-state index contributed by atoms with van der Waals surface area (Å²) < 4.78 is 1.78. The molecule has 96 valence electrons. The molecular formula is C15H9Br2O2-. The smallest absolute Gasteiger partial charge is 0.185 e. The first-order valence-electron chi connectivity index (χ1n) is 5.51.